The van der Waals surface area contributed by atoms with Crippen LogP contribution in [0.3, 0.4) is 0 Å². The largest absolute Gasteiger partial charge is 0.392 e. The molecule has 1 nitrogen and oxygen atoms in total. The van der Waals surface area contributed by atoms with Crippen molar-refractivity contribution in [1.82, 2.24) is 0 Å². The Labute approximate surface area is 70.4 Å². The molecule has 0 unspecified atom stereocenters. The highest BCUT2D eigenvalue weighted by Crippen LogP contribution is 2.05. The van der Waals surface area contributed by atoms with Gasteiger partial charge in [0.2, 0.25) is 0 Å². The molecular weight excluding hydrogens is 136 g/mol. The number of rotatable bonds is 3. The Morgan fingerprint density at radius 3 is 2.00 bits per heavy atom. The molecule has 0 spiro atoms. The fourth-order valence-electron chi connectivity index (χ4n) is 0.620. The van der Waals surface area contributed by atoms with Gasteiger partial charge in [-0.25, -0.2) is 0 Å². The summed E-state index contributed by atoms with van der Waals surface area (Å²) >= 11 is 0. The smallest absolute Gasteiger partial charge is 0.0681 e. The molecule has 0 fully saturated rings. The van der Waals surface area contributed by atoms with E-state index in [1.54, 1.807) is 0 Å². The van der Waals surface area contributed by atoms with E-state index in [4.69, 9.17) is 5.11 Å². The minimum absolute atomic E-state index is 0.114. The van der Waals surface area contributed by atoms with Crippen molar-refractivity contribution in [3.05, 3.63) is 23.8 Å². The quantitative estimate of drug-likeness (QED) is 0.623. The second-order valence-electron chi connectivity index (χ2n) is 2.08. The van der Waals surface area contributed by atoms with Crippen LogP contribution in [0.4, 0.5) is 0 Å². The summed E-state index contributed by atoms with van der Waals surface area (Å²) in [5, 5.41) is 8.70. The normalized spacial score (nSPS) is 10.1. The van der Waals surface area contributed by atoms with E-state index in [1.807, 2.05) is 33.8 Å². The maximum absolute atomic E-state index is 8.70. The van der Waals surface area contributed by atoms with Crippen LogP contribution in [0.1, 0.15) is 34.1 Å². The summed E-state index contributed by atoms with van der Waals surface area (Å²) in [6.07, 6.45) is 2.95. The van der Waals surface area contributed by atoms with Crippen LogP contribution in [0, 0.1) is 0 Å². The minimum atomic E-state index is 0.114. The highest BCUT2D eigenvalue weighted by molar-refractivity contribution is 5.25. The summed E-state index contributed by atoms with van der Waals surface area (Å²) in [4.78, 5) is 0. The van der Waals surface area contributed by atoms with E-state index < -0.39 is 0 Å². The van der Waals surface area contributed by atoms with E-state index in [0.717, 1.165) is 17.6 Å². The third-order valence-corrected chi connectivity index (χ3v) is 1.17. The fraction of sp³-hybridized carbons (Fsp3) is 0.600. The van der Waals surface area contributed by atoms with Crippen LogP contribution in [-0.2, 0) is 0 Å². The number of hydrogen-bond donors (Lipinski definition) is 1. The van der Waals surface area contributed by atoms with Gasteiger partial charge in [0, 0.05) is 0 Å². The lowest BCUT2D eigenvalue weighted by molar-refractivity contribution is 0.333. The molecule has 0 saturated heterocycles. The first-order valence-corrected chi connectivity index (χ1v) is 4.18. The predicted octanol–water partition coefficient (Wildman–Crippen LogP) is 2.92. The van der Waals surface area contributed by atoms with Crippen molar-refractivity contribution in [2.45, 2.75) is 34.1 Å². The monoisotopic (exact) mass is 156 g/mol. The van der Waals surface area contributed by atoms with E-state index in [9.17, 15) is 0 Å². The van der Waals surface area contributed by atoms with Crippen LogP contribution in [0.15, 0.2) is 23.8 Å². The van der Waals surface area contributed by atoms with E-state index in [2.05, 4.69) is 6.58 Å². The molecule has 0 bridgehead atoms. The maximum Gasteiger partial charge on any atom is 0.0681 e. The van der Waals surface area contributed by atoms with Crippen LogP contribution < -0.4 is 0 Å². The molecule has 66 valence electrons. The van der Waals surface area contributed by atoms with E-state index in [0.29, 0.717) is 0 Å². The molecule has 0 radical (unpaired) electrons. The van der Waals surface area contributed by atoms with Gasteiger partial charge in [0.15, 0.2) is 0 Å². The molecule has 0 saturated carbocycles. The molecule has 0 rings (SSSR count). The van der Waals surface area contributed by atoms with Gasteiger partial charge in [0.1, 0.15) is 0 Å². The Bertz CT molecular complexity index is 123. The Hall–Kier alpha value is -0.560. The van der Waals surface area contributed by atoms with Gasteiger partial charge in [0.05, 0.1) is 6.61 Å². The van der Waals surface area contributed by atoms with Crippen molar-refractivity contribution in [1.29, 1.82) is 0 Å². The molecule has 1 N–H and O–H groups in total. The Kier molecular flexibility index (Phi) is 11.2. The van der Waals surface area contributed by atoms with Gasteiger partial charge in [0.25, 0.3) is 0 Å². The number of aliphatic hydroxyl groups excluding tert-OH is 1. The lowest BCUT2D eigenvalue weighted by Gasteiger charge is -1.99. The molecule has 0 aliphatic heterocycles. The highest BCUT2D eigenvalue weighted by Gasteiger charge is 1.91. The van der Waals surface area contributed by atoms with Gasteiger partial charge in [-0.1, -0.05) is 39.0 Å². The number of allylic oxidation sites excluding steroid dienone is 1. The zero-order valence-electron chi connectivity index (χ0n) is 8.15. The van der Waals surface area contributed by atoms with Crippen molar-refractivity contribution in [2.24, 2.45) is 0 Å². The molecule has 11 heavy (non-hydrogen) atoms. The summed E-state index contributed by atoms with van der Waals surface area (Å²) in [5.74, 6) is 0. The Morgan fingerprint density at radius 1 is 1.45 bits per heavy atom. The summed E-state index contributed by atoms with van der Waals surface area (Å²) in [5.41, 5.74) is 1.91. The van der Waals surface area contributed by atoms with Crippen LogP contribution >= 0.6 is 0 Å². The molecule has 0 aliphatic rings. The zero-order valence-corrected chi connectivity index (χ0v) is 8.15. The van der Waals surface area contributed by atoms with E-state index >= 15 is 0 Å². The average molecular weight is 156 g/mol. The molecule has 0 atom stereocenters. The van der Waals surface area contributed by atoms with Crippen molar-refractivity contribution in [2.75, 3.05) is 6.61 Å². The second-order valence-corrected chi connectivity index (χ2v) is 2.08. The van der Waals surface area contributed by atoms with Crippen LogP contribution in [-0.4, -0.2) is 11.7 Å². The summed E-state index contributed by atoms with van der Waals surface area (Å²) < 4.78 is 0. The Morgan fingerprint density at radius 2 is 1.91 bits per heavy atom. The topological polar surface area (TPSA) is 20.2 Å². The van der Waals surface area contributed by atoms with Gasteiger partial charge >= 0.3 is 0 Å². The molecular formula is C10H20O. The maximum atomic E-state index is 8.70. The molecule has 0 aliphatic carbocycles. The highest BCUT2D eigenvalue weighted by atomic mass is 16.3. The van der Waals surface area contributed by atoms with Gasteiger partial charge in [-0.2, -0.15) is 0 Å². The fourth-order valence-corrected chi connectivity index (χ4v) is 0.620. The molecule has 0 aromatic carbocycles. The van der Waals surface area contributed by atoms with Gasteiger partial charge in [-0.3, -0.25) is 0 Å². The van der Waals surface area contributed by atoms with Crippen molar-refractivity contribution in [3.8, 4) is 0 Å². The first kappa shape index (κ1) is 13.1. The number of aliphatic hydroxyl groups is 1. The molecule has 0 amide bonds. The van der Waals surface area contributed by atoms with E-state index in [-0.39, 0.29) is 6.61 Å². The Balaban J connectivity index is 0. The SMILES string of the molecule is C=C(C)/C(=C\CC)CO.CC. The second kappa shape index (κ2) is 9.44. The van der Waals surface area contributed by atoms with Crippen molar-refractivity contribution < 1.29 is 5.11 Å². The van der Waals surface area contributed by atoms with Gasteiger partial charge in [-0.05, 0) is 18.9 Å². The first-order valence-electron chi connectivity index (χ1n) is 4.18. The van der Waals surface area contributed by atoms with Crippen LogP contribution in [0.2, 0.25) is 0 Å². The minimum Gasteiger partial charge on any atom is -0.392 e. The van der Waals surface area contributed by atoms with Crippen LogP contribution in [0.5, 0.6) is 0 Å². The zero-order chi connectivity index (χ0) is 9.28. The lowest BCUT2D eigenvalue weighted by Crippen LogP contribution is -1.89. The summed E-state index contributed by atoms with van der Waals surface area (Å²) in [7, 11) is 0. The summed E-state index contributed by atoms with van der Waals surface area (Å²) in [6.45, 7) is 11.8. The molecule has 0 heterocycles. The van der Waals surface area contributed by atoms with Crippen molar-refractivity contribution in [3.63, 3.8) is 0 Å². The van der Waals surface area contributed by atoms with Crippen LogP contribution in [0.25, 0.3) is 0 Å². The average Bonchev–Trinajstić information content (AvgIpc) is 2.03. The van der Waals surface area contributed by atoms with E-state index in [1.165, 1.54) is 0 Å². The van der Waals surface area contributed by atoms with Gasteiger partial charge < -0.3 is 5.11 Å². The summed E-state index contributed by atoms with van der Waals surface area (Å²) in [6, 6.07) is 0. The molecule has 0 aromatic heterocycles. The third kappa shape index (κ3) is 7.34. The lowest BCUT2D eigenvalue weighted by atomic mass is 10.1. The predicted molar refractivity (Wildman–Crippen MR) is 51.6 cm³/mol. The van der Waals surface area contributed by atoms with Gasteiger partial charge in [-0.15, -0.1) is 0 Å². The molecule has 0 aromatic rings. The third-order valence-electron chi connectivity index (χ3n) is 1.17. The first-order chi connectivity index (χ1) is 5.22. The number of hydrogen-bond acceptors (Lipinski definition) is 1. The standard InChI is InChI=1S/C8H14O.C2H6/c1-4-5-8(6-9)7(2)3;1-2/h5,9H,2,4,6H2,1,3H3;1-2H3/b8-5-;. The molecule has 1 heteroatoms. The van der Waals surface area contributed by atoms with Crippen molar-refractivity contribution >= 4 is 0 Å².